The smallest absolute Gasteiger partial charge is 0.327 e. The highest BCUT2D eigenvalue weighted by atomic mass is 16.6. The van der Waals surface area contributed by atoms with Crippen LogP contribution in [0.2, 0.25) is 0 Å². The van der Waals surface area contributed by atoms with Crippen molar-refractivity contribution < 1.29 is 19.6 Å². The fraction of sp³-hybridized carbons (Fsp3) is 0.500. The van der Waals surface area contributed by atoms with Gasteiger partial charge in [-0.05, 0) is 44.2 Å². The van der Waals surface area contributed by atoms with E-state index in [4.69, 9.17) is 10.5 Å². The van der Waals surface area contributed by atoms with Gasteiger partial charge in [0.2, 0.25) is 0 Å². The van der Waals surface area contributed by atoms with Crippen molar-refractivity contribution >= 4 is 11.7 Å². The first-order chi connectivity index (χ1) is 9.75. The highest BCUT2D eigenvalue weighted by Gasteiger charge is 2.49. The normalized spacial score (nSPS) is 17.1. The van der Waals surface area contributed by atoms with Crippen molar-refractivity contribution in [3.8, 4) is 5.75 Å². The lowest BCUT2D eigenvalue weighted by Crippen LogP contribution is -2.54. The summed E-state index contributed by atoms with van der Waals surface area (Å²) in [6.45, 7) is 3.19. The molecule has 1 atom stereocenters. The number of hydrogen-bond donors (Lipinski definition) is 2. The summed E-state index contributed by atoms with van der Waals surface area (Å²) in [5, 5.41) is 20.2. The molecule has 21 heavy (non-hydrogen) atoms. The van der Waals surface area contributed by atoms with Gasteiger partial charge in [0.25, 0.3) is 5.69 Å². The number of nitrogens with two attached hydrogens (primary N) is 1. The topological polar surface area (TPSA) is 116 Å². The summed E-state index contributed by atoms with van der Waals surface area (Å²) >= 11 is 0. The monoisotopic (exact) mass is 294 g/mol. The summed E-state index contributed by atoms with van der Waals surface area (Å²) in [5.41, 5.74) is 5.66. The second-order valence-corrected chi connectivity index (χ2v) is 5.57. The van der Waals surface area contributed by atoms with Gasteiger partial charge < -0.3 is 15.6 Å². The molecule has 1 unspecified atom stereocenters. The molecule has 114 valence electrons. The predicted octanol–water partition coefficient (Wildman–Crippen LogP) is 1.78. The second-order valence-electron chi connectivity index (χ2n) is 5.57. The van der Waals surface area contributed by atoms with Crippen LogP contribution in [0.25, 0.3) is 0 Å². The van der Waals surface area contributed by atoms with E-state index in [0.29, 0.717) is 16.9 Å². The summed E-state index contributed by atoms with van der Waals surface area (Å²) < 4.78 is 5.50. The highest BCUT2D eigenvalue weighted by Crippen LogP contribution is 2.39. The van der Waals surface area contributed by atoms with Crippen molar-refractivity contribution in [1.29, 1.82) is 0 Å². The first-order valence-corrected chi connectivity index (χ1v) is 6.66. The third-order valence-electron chi connectivity index (χ3n) is 3.86. The minimum atomic E-state index is -1.44. The number of carboxylic acid groups (broad SMARTS) is 1. The molecule has 1 aliphatic carbocycles. The van der Waals surface area contributed by atoms with E-state index in [2.05, 4.69) is 0 Å². The molecule has 0 amide bonds. The SMILES string of the molecule is Cc1cc(C)c([N+](=O)[O-])cc1OCC(N)(C(=O)O)C1CC1. The lowest BCUT2D eigenvalue weighted by atomic mass is 9.96. The van der Waals surface area contributed by atoms with Crippen LogP contribution in [0.4, 0.5) is 5.69 Å². The van der Waals surface area contributed by atoms with Gasteiger partial charge in [0.1, 0.15) is 12.4 Å². The van der Waals surface area contributed by atoms with E-state index in [1.54, 1.807) is 19.9 Å². The van der Waals surface area contributed by atoms with Gasteiger partial charge in [-0.1, -0.05) is 0 Å². The standard InChI is InChI=1S/C14H18N2O5/c1-8-5-9(2)12(6-11(8)16(19)20)21-7-14(15,13(17)18)10-3-4-10/h5-6,10H,3-4,7,15H2,1-2H3,(H,17,18). The first kappa shape index (κ1) is 15.2. The molecule has 1 fully saturated rings. The molecule has 7 nitrogen and oxygen atoms in total. The Morgan fingerprint density at radius 3 is 2.57 bits per heavy atom. The number of hydrogen-bond acceptors (Lipinski definition) is 5. The molecule has 3 N–H and O–H groups in total. The Hall–Kier alpha value is -2.15. The largest absolute Gasteiger partial charge is 0.490 e. The zero-order valence-corrected chi connectivity index (χ0v) is 12.0. The van der Waals surface area contributed by atoms with Crippen LogP contribution in [-0.2, 0) is 4.79 Å². The van der Waals surface area contributed by atoms with Crippen LogP contribution >= 0.6 is 0 Å². The minimum absolute atomic E-state index is 0.0556. The quantitative estimate of drug-likeness (QED) is 0.610. The Kier molecular flexibility index (Phi) is 3.87. The van der Waals surface area contributed by atoms with Crippen molar-refractivity contribution in [1.82, 2.24) is 0 Å². The van der Waals surface area contributed by atoms with E-state index in [9.17, 15) is 20.0 Å². The molecule has 0 aliphatic heterocycles. The fourth-order valence-electron chi connectivity index (χ4n) is 2.32. The number of rotatable bonds is 6. The van der Waals surface area contributed by atoms with Crippen LogP contribution in [-0.4, -0.2) is 28.1 Å². The molecule has 0 bridgehead atoms. The first-order valence-electron chi connectivity index (χ1n) is 6.66. The van der Waals surface area contributed by atoms with Gasteiger partial charge in [0, 0.05) is 5.56 Å². The zero-order valence-electron chi connectivity index (χ0n) is 12.0. The van der Waals surface area contributed by atoms with Crippen LogP contribution in [0.15, 0.2) is 12.1 Å². The van der Waals surface area contributed by atoms with E-state index in [-0.39, 0.29) is 18.2 Å². The molecule has 1 aromatic carbocycles. The van der Waals surface area contributed by atoms with Gasteiger partial charge in [-0.25, -0.2) is 0 Å². The molecular weight excluding hydrogens is 276 g/mol. The maximum absolute atomic E-state index is 11.3. The molecule has 0 aromatic heterocycles. The van der Waals surface area contributed by atoms with Crippen LogP contribution in [0.1, 0.15) is 24.0 Å². The Morgan fingerprint density at radius 2 is 2.10 bits per heavy atom. The number of benzene rings is 1. The van der Waals surface area contributed by atoms with Crippen LogP contribution in [0.5, 0.6) is 5.75 Å². The van der Waals surface area contributed by atoms with Gasteiger partial charge >= 0.3 is 5.97 Å². The second kappa shape index (κ2) is 5.33. The molecule has 0 radical (unpaired) electrons. The highest BCUT2D eigenvalue weighted by molar-refractivity contribution is 5.79. The number of carbonyl (C=O) groups is 1. The lowest BCUT2D eigenvalue weighted by Gasteiger charge is -2.25. The average molecular weight is 294 g/mol. The Labute approximate surface area is 121 Å². The summed E-state index contributed by atoms with van der Waals surface area (Å²) in [5.74, 6) is -0.913. The maximum atomic E-state index is 11.3. The van der Waals surface area contributed by atoms with E-state index < -0.39 is 16.4 Å². The summed E-state index contributed by atoms with van der Waals surface area (Å²) in [6.07, 6.45) is 1.53. The van der Waals surface area contributed by atoms with Crippen molar-refractivity contribution in [3.05, 3.63) is 33.4 Å². The number of nitrogens with zero attached hydrogens (tertiary/aromatic N) is 1. The van der Waals surface area contributed by atoms with E-state index in [1.165, 1.54) is 6.07 Å². The van der Waals surface area contributed by atoms with Gasteiger partial charge in [0.15, 0.2) is 5.54 Å². The number of carboxylic acids is 1. The Bertz CT molecular complexity index is 597. The van der Waals surface area contributed by atoms with Gasteiger partial charge in [-0.2, -0.15) is 0 Å². The third kappa shape index (κ3) is 2.97. The molecular formula is C14H18N2O5. The number of nitro benzene ring substituents is 1. The molecule has 0 saturated heterocycles. The van der Waals surface area contributed by atoms with Gasteiger partial charge in [-0.3, -0.25) is 14.9 Å². The zero-order chi connectivity index (χ0) is 15.8. The van der Waals surface area contributed by atoms with Crippen molar-refractivity contribution in [2.75, 3.05) is 6.61 Å². The predicted molar refractivity (Wildman–Crippen MR) is 75.3 cm³/mol. The third-order valence-corrected chi connectivity index (χ3v) is 3.86. The number of aryl methyl sites for hydroxylation is 2. The molecule has 1 aliphatic rings. The molecule has 1 aromatic rings. The van der Waals surface area contributed by atoms with Gasteiger partial charge in [0.05, 0.1) is 11.0 Å². The molecule has 2 rings (SSSR count). The fourth-order valence-corrected chi connectivity index (χ4v) is 2.32. The number of nitro groups is 1. The van der Waals surface area contributed by atoms with E-state index in [1.807, 2.05) is 0 Å². The summed E-state index contributed by atoms with van der Waals surface area (Å²) in [6, 6.07) is 2.96. The van der Waals surface area contributed by atoms with Gasteiger partial charge in [-0.15, -0.1) is 0 Å². The van der Waals surface area contributed by atoms with E-state index in [0.717, 1.165) is 12.8 Å². The lowest BCUT2D eigenvalue weighted by molar-refractivity contribution is -0.385. The van der Waals surface area contributed by atoms with Crippen LogP contribution < -0.4 is 10.5 Å². The minimum Gasteiger partial charge on any atom is -0.490 e. The average Bonchev–Trinajstić information content (AvgIpc) is 3.21. The Balaban J connectivity index is 2.21. The number of aliphatic carboxylic acids is 1. The molecule has 1 saturated carbocycles. The summed E-state index contributed by atoms with van der Waals surface area (Å²) in [7, 11) is 0. The van der Waals surface area contributed by atoms with E-state index >= 15 is 0 Å². The molecule has 0 heterocycles. The van der Waals surface area contributed by atoms with Crippen molar-refractivity contribution in [2.45, 2.75) is 32.2 Å². The molecule has 0 spiro atoms. The Morgan fingerprint density at radius 1 is 1.48 bits per heavy atom. The maximum Gasteiger partial charge on any atom is 0.327 e. The van der Waals surface area contributed by atoms with Crippen LogP contribution in [0.3, 0.4) is 0 Å². The van der Waals surface area contributed by atoms with Crippen LogP contribution in [0, 0.1) is 29.9 Å². The summed E-state index contributed by atoms with van der Waals surface area (Å²) in [4.78, 5) is 21.8. The van der Waals surface area contributed by atoms with Crippen molar-refractivity contribution in [3.63, 3.8) is 0 Å². The number of ether oxygens (including phenoxy) is 1. The molecule has 7 heteroatoms. The van der Waals surface area contributed by atoms with Crippen molar-refractivity contribution in [2.24, 2.45) is 11.7 Å².